The molecule has 0 aliphatic heterocycles. The van der Waals surface area contributed by atoms with Crippen LogP contribution in [-0.2, 0) is 0 Å². The molecule has 2 rings (SSSR count). The number of benzene rings is 1. The lowest BCUT2D eigenvalue weighted by Crippen LogP contribution is -2.15. The standard InChI is InChI=1S/C17H23ClN2/c1-3-6-14(9-10-18)12-19-17-11-13(2)20-16-8-5-4-7-15(16)17/h4-5,7-8,11,14H,3,6,9-10,12H2,1-2H3,(H,19,20). The van der Waals surface area contributed by atoms with Gasteiger partial charge in [0.05, 0.1) is 5.52 Å². The van der Waals surface area contributed by atoms with Gasteiger partial charge in [-0.3, -0.25) is 4.98 Å². The molecule has 1 unspecified atom stereocenters. The minimum absolute atomic E-state index is 0.643. The number of rotatable bonds is 7. The lowest BCUT2D eigenvalue weighted by molar-refractivity contribution is 0.490. The first-order valence-corrected chi connectivity index (χ1v) is 7.94. The Morgan fingerprint density at radius 2 is 2.05 bits per heavy atom. The number of fused-ring (bicyclic) bond motifs is 1. The number of halogens is 1. The molecule has 0 spiro atoms. The number of hydrogen-bond acceptors (Lipinski definition) is 2. The Morgan fingerprint density at radius 1 is 1.25 bits per heavy atom. The molecule has 1 N–H and O–H groups in total. The number of aromatic nitrogens is 1. The molecule has 3 heteroatoms. The van der Waals surface area contributed by atoms with Gasteiger partial charge in [0.1, 0.15) is 0 Å². The Hall–Kier alpha value is -1.28. The number of nitrogens with one attached hydrogen (secondary N) is 1. The molecule has 0 aliphatic rings. The third-order valence-corrected chi connectivity index (χ3v) is 3.86. The summed E-state index contributed by atoms with van der Waals surface area (Å²) in [5, 5.41) is 4.79. The molecule has 0 amide bonds. The van der Waals surface area contributed by atoms with Crippen LogP contribution < -0.4 is 5.32 Å². The van der Waals surface area contributed by atoms with Gasteiger partial charge in [-0.15, -0.1) is 11.6 Å². The molecule has 0 saturated carbocycles. The van der Waals surface area contributed by atoms with E-state index in [1.54, 1.807) is 0 Å². The van der Waals surface area contributed by atoms with Crippen LogP contribution in [0.3, 0.4) is 0 Å². The van der Waals surface area contributed by atoms with Crippen molar-refractivity contribution in [3.05, 3.63) is 36.0 Å². The Balaban J connectivity index is 2.16. The van der Waals surface area contributed by atoms with Gasteiger partial charge in [0.25, 0.3) is 0 Å². The highest BCUT2D eigenvalue weighted by atomic mass is 35.5. The summed E-state index contributed by atoms with van der Waals surface area (Å²) in [6.45, 7) is 5.25. The third-order valence-electron chi connectivity index (χ3n) is 3.64. The van der Waals surface area contributed by atoms with E-state index in [-0.39, 0.29) is 0 Å². The molecule has 0 aliphatic carbocycles. The van der Waals surface area contributed by atoms with Gasteiger partial charge in [0, 0.05) is 29.2 Å². The summed E-state index contributed by atoms with van der Waals surface area (Å²) in [7, 11) is 0. The van der Waals surface area contributed by atoms with Crippen molar-refractivity contribution in [1.29, 1.82) is 0 Å². The van der Waals surface area contributed by atoms with E-state index < -0.39 is 0 Å². The number of para-hydroxylation sites is 1. The molecule has 1 atom stereocenters. The van der Waals surface area contributed by atoms with Crippen molar-refractivity contribution in [2.24, 2.45) is 5.92 Å². The average Bonchev–Trinajstić information content (AvgIpc) is 2.44. The predicted molar refractivity (Wildman–Crippen MR) is 88.7 cm³/mol. The number of alkyl halides is 1. The fraction of sp³-hybridized carbons (Fsp3) is 0.471. The summed E-state index contributed by atoms with van der Waals surface area (Å²) in [6, 6.07) is 10.4. The van der Waals surface area contributed by atoms with Gasteiger partial charge in [-0.2, -0.15) is 0 Å². The molecule has 108 valence electrons. The van der Waals surface area contributed by atoms with E-state index in [9.17, 15) is 0 Å². The van der Waals surface area contributed by atoms with Gasteiger partial charge in [0.15, 0.2) is 0 Å². The van der Waals surface area contributed by atoms with E-state index in [1.165, 1.54) is 23.9 Å². The van der Waals surface area contributed by atoms with Crippen LogP contribution in [0.15, 0.2) is 30.3 Å². The maximum atomic E-state index is 5.90. The summed E-state index contributed by atoms with van der Waals surface area (Å²) in [4.78, 5) is 4.57. The van der Waals surface area contributed by atoms with Crippen molar-refractivity contribution in [2.45, 2.75) is 33.1 Å². The van der Waals surface area contributed by atoms with Crippen LogP contribution in [0.2, 0.25) is 0 Å². The zero-order chi connectivity index (χ0) is 14.4. The Labute approximate surface area is 126 Å². The summed E-state index contributed by atoms with van der Waals surface area (Å²) in [6.07, 6.45) is 3.51. The maximum Gasteiger partial charge on any atom is 0.0725 e. The second-order valence-corrected chi connectivity index (χ2v) is 5.72. The van der Waals surface area contributed by atoms with Crippen LogP contribution in [0.5, 0.6) is 0 Å². The molecule has 20 heavy (non-hydrogen) atoms. The number of hydrogen-bond donors (Lipinski definition) is 1. The van der Waals surface area contributed by atoms with Crippen LogP contribution >= 0.6 is 11.6 Å². The van der Waals surface area contributed by atoms with Crippen molar-refractivity contribution < 1.29 is 0 Å². The quantitative estimate of drug-likeness (QED) is 0.726. The third kappa shape index (κ3) is 3.86. The molecule has 0 fully saturated rings. The zero-order valence-corrected chi connectivity index (χ0v) is 13.1. The second-order valence-electron chi connectivity index (χ2n) is 5.34. The molecule has 0 bridgehead atoms. The molecular formula is C17H23ClN2. The van der Waals surface area contributed by atoms with Gasteiger partial charge in [0.2, 0.25) is 0 Å². The number of aryl methyl sites for hydroxylation is 1. The van der Waals surface area contributed by atoms with Gasteiger partial charge >= 0.3 is 0 Å². The van der Waals surface area contributed by atoms with Crippen LogP contribution in [0.1, 0.15) is 31.9 Å². The number of anilines is 1. The highest BCUT2D eigenvalue weighted by molar-refractivity contribution is 6.17. The molecule has 0 radical (unpaired) electrons. The van der Waals surface area contributed by atoms with Crippen molar-refractivity contribution in [3.63, 3.8) is 0 Å². The summed E-state index contributed by atoms with van der Waals surface area (Å²) in [5.41, 5.74) is 3.29. The molecule has 2 aromatic rings. The molecule has 1 aromatic carbocycles. The van der Waals surface area contributed by atoms with E-state index in [2.05, 4.69) is 41.5 Å². The normalized spacial score (nSPS) is 12.6. The smallest absolute Gasteiger partial charge is 0.0725 e. The topological polar surface area (TPSA) is 24.9 Å². The van der Waals surface area contributed by atoms with Gasteiger partial charge in [-0.1, -0.05) is 31.5 Å². The minimum atomic E-state index is 0.643. The van der Waals surface area contributed by atoms with Crippen molar-refractivity contribution in [2.75, 3.05) is 17.7 Å². The predicted octanol–water partition coefficient (Wildman–Crippen LogP) is 5.00. The second kappa shape index (κ2) is 7.49. The van der Waals surface area contributed by atoms with Crippen molar-refractivity contribution >= 4 is 28.2 Å². The first-order valence-electron chi connectivity index (χ1n) is 7.40. The highest BCUT2D eigenvalue weighted by Gasteiger charge is 2.09. The largest absolute Gasteiger partial charge is 0.384 e. The van der Waals surface area contributed by atoms with Crippen LogP contribution in [0.4, 0.5) is 5.69 Å². The molecule has 1 heterocycles. The van der Waals surface area contributed by atoms with Crippen LogP contribution in [0.25, 0.3) is 10.9 Å². The van der Waals surface area contributed by atoms with E-state index >= 15 is 0 Å². The zero-order valence-electron chi connectivity index (χ0n) is 12.3. The molecule has 2 nitrogen and oxygen atoms in total. The van der Waals surface area contributed by atoms with E-state index in [0.29, 0.717) is 5.92 Å². The lowest BCUT2D eigenvalue weighted by atomic mass is 10.0. The highest BCUT2D eigenvalue weighted by Crippen LogP contribution is 2.24. The van der Waals surface area contributed by atoms with Gasteiger partial charge in [-0.25, -0.2) is 0 Å². The van der Waals surface area contributed by atoms with Gasteiger partial charge in [-0.05, 0) is 37.8 Å². The van der Waals surface area contributed by atoms with Crippen LogP contribution in [0, 0.1) is 12.8 Å². The Morgan fingerprint density at radius 3 is 2.80 bits per heavy atom. The van der Waals surface area contributed by atoms with Crippen molar-refractivity contribution in [1.82, 2.24) is 4.98 Å². The van der Waals surface area contributed by atoms with Gasteiger partial charge < -0.3 is 5.32 Å². The summed E-state index contributed by atoms with van der Waals surface area (Å²) in [5.74, 6) is 1.38. The monoisotopic (exact) mass is 290 g/mol. The van der Waals surface area contributed by atoms with E-state index in [0.717, 1.165) is 30.1 Å². The Kier molecular flexibility index (Phi) is 5.66. The minimum Gasteiger partial charge on any atom is -0.384 e. The number of nitrogens with zero attached hydrogens (tertiary/aromatic N) is 1. The van der Waals surface area contributed by atoms with E-state index in [4.69, 9.17) is 11.6 Å². The van der Waals surface area contributed by atoms with E-state index in [1.807, 2.05) is 13.0 Å². The van der Waals surface area contributed by atoms with Crippen molar-refractivity contribution in [3.8, 4) is 0 Å². The SMILES string of the molecule is CCCC(CCCl)CNc1cc(C)nc2ccccc12. The molecule has 1 aromatic heterocycles. The fourth-order valence-corrected chi connectivity index (χ4v) is 2.93. The molecular weight excluding hydrogens is 268 g/mol. The first kappa shape index (κ1) is 15.1. The summed E-state index contributed by atoms with van der Waals surface area (Å²) >= 11 is 5.90. The number of pyridine rings is 1. The van der Waals surface area contributed by atoms with Crippen LogP contribution in [-0.4, -0.2) is 17.4 Å². The first-order chi connectivity index (χ1) is 9.74. The Bertz CT molecular complexity index is 548. The molecule has 0 saturated heterocycles. The average molecular weight is 291 g/mol. The lowest BCUT2D eigenvalue weighted by Gasteiger charge is -2.17. The maximum absolute atomic E-state index is 5.90. The summed E-state index contributed by atoms with van der Waals surface area (Å²) < 4.78 is 0. The fourth-order valence-electron chi connectivity index (χ4n) is 2.62.